The lowest BCUT2D eigenvalue weighted by atomic mass is 10.3. The van der Waals surface area contributed by atoms with Gasteiger partial charge in [-0.1, -0.05) is 0 Å². The zero-order chi connectivity index (χ0) is 11.5. The van der Waals surface area contributed by atoms with Gasteiger partial charge in [-0.2, -0.15) is 0 Å². The maximum absolute atomic E-state index is 12.0. The summed E-state index contributed by atoms with van der Waals surface area (Å²) in [5, 5.41) is 3.19. The molecular formula is C10H14BrClN2OS2. The normalized spacial score (nSPS) is 18.8. The summed E-state index contributed by atoms with van der Waals surface area (Å²) >= 11 is 6.87. The number of halogens is 2. The number of carbonyl (C=O) groups excluding carboxylic acids is 1. The van der Waals surface area contributed by atoms with Crippen molar-refractivity contribution in [1.82, 2.24) is 10.2 Å². The highest BCUT2D eigenvalue weighted by Crippen LogP contribution is 2.23. The highest BCUT2D eigenvalue weighted by atomic mass is 79.9. The van der Waals surface area contributed by atoms with Crippen molar-refractivity contribution < 1.29 is 4.79 Å². The topological polar surface area (TPSA) is 32.3 Å². The summed E-state index contributed by atoms with van der Waals surface area (Å²) in [6.45, 7) is 0.692. The monoisotopic (exact) mass is 356 g/mol. The van der Waals surface area contributed by atoms with Gasteiger partial charge in [0.25, 0.3) is 0 Å². The summed E-state index contributed by atoms with van der Waals surface area (Å²) in [6, 6.07) is 4.07. The molecule has 1 aromatic rings. The number of amides is 1. The van der Waals surface area contributed by atoms with E-state index in [0.717, 1.165) is 15.4 Å². The molecule has 1 unspecified atom stereocenters. The second-order valence-corrected chi connectivity index (χ2v) is 7.25. The van der Waals surface area contributed by atoms with Gasteiger partial charge < -0.3 is 4.90 Å². The summed E-state index contributed by atoms with van der Waals surface area (Å²) in [6.07, 6.45) is 0. The zero-order valence-electron chi connectivity index (χ0n) is 9.31. The molecule has 1 amide bonds. The second-order valence-electron chi connectivity index (χ2n) is 3.67. The Morgan fingerprint density at radius 2 is 2.41 bits per heavy atom. The largest absolute Gasteiger partial charge is 0.339 e. The maximum Gasteiger partial charge on any atom is 0.240 e. The van der Waals surface area contributed by atoms with Crippen molar-refractivity contribution in [1.29, 1.82) is 0 Å². The highest BCUT2D eigenvalue weighted by Gasteiger charge is 2.25. The molecule has 1 aliphatic heterocycles. The Hall–Kier alpha value is 0.250. The average molecular weight is 358 g/mol. The number of hydrogen-bond acceptors (Lipinski definition) is 4. The number of rotatable bonds is 3. The number of thioether (sulfide) groups is 1. The quantitative estimate of drug-likeness (QED) is 0.902. The van der Waals surface area contributed by atoms with Crippen LogP contribution >= 0.6 is 51.4 Å². The summed E-state index contributed by atoms with van der Waals surface area (Å²) in [5.74, 6) is 1.96. The molecule has 2 heterocycles. The first-order chi connectivity index (χ1) is 7.66. The van der Waals surface area contributed by atoms with Crippen molar-refractivity contribution in [3.63, 3.8) is 0 Å². The lowest BCUT2D eigenvalue weighted by molar-refractivity contribution is -0.131. The number of nitrogens with one attached hydrogen (secondary N) is 1. The summed E-state index contributed by atoms with van der Waals surface area (Å²) < 4.78 is 1.11. The minimum atomic E-state index is -0.00148. The van der Waals surface area contributed by atoms with E-state index in [2.05, 4.69) is 27.3 Å². The van der Waals surface area contributed by atoms with Crippen LogP contribution in [0.2, 0.25) is 0 Å². The van der Waals surface area contributed by atoms with Crippen molar-refractivity contribution in [3.8, 4) is 0 Å². The van der Waals surface area contributed by atoms with E-state index >= 15 is 0 Å². The van der Waals surface area contributed by atoms with E-state index in [9.17, 15) is 4.79 Å². The summed E-state index contributed by atoms with van der Waals surface area (Å²) in [7, 11) is 1.86. The Morgan fingerprint density at radius 3 is 2.94 bits per heavy atom. The van der Waals surface area contributed by atoms with Crippen LogP contribution in [0, 0.1) is 0 Å². The van der Waals surface area contributed by atoms with Gasteiger partial charge in [-0.15, -0.1) is 35.5 Å². The number of thiophene rings is 1. The van der Waals surface area contributed by atoms with E-state index in [-0.39, 0.29) is 24.4 Å². The van der Waals surface area contributed by atoms with Gasteiger partial charge in [-0.05, 0) is 28.1 Å². The van der Waals surface area contributed by atoms with Gasteiger partial charge in [0.2, 0.25) is 5.91 Å². The first-order valence-electron chi connectivity index (χ1n) is 4.97. The molecule has 1 aromatic heterocycles. The first kappa shape index (κ1) is 15.3. The molecule has 3 nitrogen and oxygen atoms in total. The van der Waals surface area contributed by atoms with Crippen molar-refractivity contribution in [2.24, 2.45) is 0 Å². The van der Waals surface area contributed by atoms with Gasteiger partial charge in [0, 0.05) is 23.6 Å². The fourth-order valence-electron chi connectivity index (χ4n) is 1.57. The lowest BCUT2D eigenvalue weighted by Crippen LogP contribution is -2.42. The van der Waals surface area contributed by atoms with E-state index in [1.807, 2.05) is 13.1 Å². The minimum Gasteiger partial charge on any atom is -0.339 e. The molecule has 1 aliphatic rings. The molecule has 0 bridgehead atoms. The molecule has 2 rings (SSSR count). The fraction of sp³-hybridized carbons (Fsp3) is 0.500. The Morgan fingerprint density at radius 1 is 1.65 bits per heavy atom. The third-order valence-electron chi connectivity index (χ3n) is 2.41. The maximum atomic E-state index is 12.0. The third kappa shape index (κ3) is 4.13. The number of carbonyl (C=O) groups is 1. The van der Waals surface area contributed by atoms with Gasteiger partial charge in [0.05, 0.1) is 16.4 Å². The highest BCUT2D eigenvalue weighted by molar-refractivity contribution is 9.11. The minimum absolute atomic E-state index is 0. The second kappa shape index (κ2) is 6.99. The molecule has 1 saturated heterocycles. The summed E-state index contributed by atoms with van der Waals surface area (Å²) in [5.41, 5.74) is 0. The molecule has 17 heavy (non-hydrogen) atoms. The van der Waals surface area contributed by atoms with Gasteiger partial charge in [0.15, 0.2) is 0 Å². The predicted octanol–water partition coefficient (Wildman–Crippen LogP) is 2.55. The Labute approximate surface area is 124 Å². The van der Waals surface area contributed by atoms with Crippen LogP contribution in [0.4, 0.5) is 0 Å². The van der Waals surface area contributed by atoms with Crippen LogP contribution in [-0.2, 0) is 11.3 Å². The lowest BCUT2D eigenvalue weighted by Gasteiger charge is -2.19. The molecule has 0 saturated carbocycles. The smallest absolute Gasteiger partial charge is 0.240 e. The van der Waals surface area contributed by atoms with Crippen molar-refractivity contribution in [2.45, 2.75) is 12.6 Å². The van der Waals surface area contributed by atoms with Crippen LogP contribution in [-0.4, -0.2) is 35.5 Å². The fourth-order valence-corrected chi connectivity index (χ4v) is 4.04. The van der Waals surface area contributed by atoms with Gasteiger partial charge >= 0.3 is 0 Å². The van der Waals surface area contributed by atoms with Crippen LogP contribution in [0.25, 0.3) is 0 Å². The van der Waals surface area contributed by atoms with E-state index in [1.165, 1.54) is 4.88 Å². The first-order valence-corrected chi connectivity index (χ1v) is 7.73. The standard InChI is InChI=1S/C10H13BrN2OS2.ClH/c1-13(4-7-2-3-9(11)16-7)10(14)8-5-15-6-12-8;/h2-3,8,12H,4-6H2,1H3;1H. The van der Waals surface area contributed by atoms with Crippen molar-refractivity contribution in [2.75, 3.05) is 18.7 Å². The van der Waals surface area contributed by atoms with E-state index < -0.39 is 0 Å². The van der Waals surface area contributed by atoms with E-state index in [4.69, 9.17) is 0 Å². The number of nitrogens with zero attached hydrogens (tertiary/aromatic N) is 1. The number of likely N-dealkylation sites (N-methyl/N-ethyl adjacent to an activating group) is 1. The molecule has 1 N–H and O–H groups in total. The third-order valence-corrected chi connectivity index (χ3v) is 4.96. The molecule has 7 heteroatoms. The SMILES string of the molecule is CN(Cc1ccc(Br)s1)C(=O)C1CSCN1.Cl. The molecular weight excluding hydrogens is 344 g/mol. The molecule has 1 fully saturated rings. The zero-order valence-corrected chi connectivity index (χ0v) is 13.3. The van der Waals surface area contributed by atoms with Crippen LogP contribution in [0.1, 0.15) is 4.88 Å². The van der Waals surface area contributed by atoms with Crippen LogP contribution in [0.15, 0.2) is 15.9 Å². The van der Waals surface area contributed by atoms with Crippen LogP contribution < -0.4 is 5.32 Å². The van der Waals surface area contributed by atoms with Gasteiger partial charge in [0.1, 0.15) is 0 Å². The molecule has 1 atom stereocenters. The average Bonchev–Trinajstić information content (AvgIpc) is 2.88. The summed E-state index contributed by atoms with van der Waals surface area (Å²) in [4.78, 5) is 15.0. The molecule has 0 aromatic carbocycles. The van der Waals surface area contributed by atoms with Crippen LogP contribution in [0.5, 0.6) is 0 Å². The van der Waals surface area contributed by atoms with Crippen molar-refractivity contribution in [3.05, 3.63) is 20.8 Å². The Bertz CT molecular complexity index is 382. The van der Waals surface area contributed by atoms with Gasteiger partial charge in [-0.3, -0.25) is 10.1 Å². The number of hydrogen-bond donors (Lipinski definition) is 1. The van der Waals surface area contributed by atoms with Crippen LogP contribution in [0.3, 0.4) is 0 Å². The van der Waals surface area contributed by atoms with E-state index in [1.54, 1.807) is 28.0 Å². The molecule has 0 aliphatic carbocycles. The van der Waals surface area contributed by atoms with Crippen molar-refractivity contribution >= 4 is 57.3 Å². The Kier molecular flexibility index (Phi) is 6.30. The Balaban J connectivity index is 0.00000144. The molecule has 0 radical (unpaired) electrons. The predicted molar refractivity (Wildman–Crippen MR) is 80.0 cm³/mol. The molecule has 0 spiro atoms. The van der Waals surface area contributed by atoms with Gasteiger partial charge in [-0.25, -0.2) is 0 Å². The van der Waals surface area contributed by atoms with E-state index in [0.29, 0.717) is 6.54 Å². The molecule has 96 valence electrons.